The summed E-state index contributed by atoms with van der Waals surface area (Å²) in [4.78, 5) is 0. The zero-order valence-corrected chi connectivity index (χ0v) is 7.80. The zero-order chi connectivity index (χ0) is 9.03. The molecule has 0 spiro atoms. The summed E-state index contributed by atoms with van der Waals surface area (Å²) < 4.78 is 0. The molecule has 1 aromatic carbocycles. The van der Waals surface area contributed by atoms with Gasteiger partial charge in [0.2, 0.25) is 0 Å². The van der Waals surface area contributed by atoms with Crippen LogP contribution in [0.1, 0.15) is 18.9 Å². The highest BCUT2D eigenvalue weighted by Gasteiger charge is 2.20. The Hall–Kier alpha value is -0.820. The quantitative estimate of drug-likeness (QED) is 0.719. The van der Waals surface area contributed by atoms with Crippen molar-refractivity contribution in [3.05, 3.63) is 42.8 Å². The molecule has 1 aromatic rings. The standard InChI is InChI=1S/C11H16N/c1-4-11(2,12-3)10-8-6-5-7-9-10/h5-9,12H,2,4H2,1,3H3/t11-/m0/s1. The van der Waals surface area contributed by atoms with E-state index in [9.17, 15) is 0 Å². The maximum atomic E-state index is 4.17. The summed E-state index contributed by atoms with van der Waals surface area (Å²) in [5, 5.41) is 3.23. The second-order valence-corrected chi connectivity index (χ2v) is 3.05. The molecule has 0 aliphatic heterocycles. The number of hydrogen-bond acceptors (Lipinski definition) is 1. The van der Waals surface area contributed by atoms with E-state index in [4.69, 9.17) is 0 Å². The molecule has 0 heterocycles. The van der Waals surface area contributed by atoms with Crippen LogP contribution in [0.5, 0.6) is 0 Å². The van der Waals surface area contributed by atoms with E-state index in [1.54, 1.807) is 0 Å². The van der Waals surface area contributed by atoms with Gasteiger partial charge in [-0.15, -0.1) is 0 Å². The van der Waals surface area contributed by atoms with Crippen LogP contribution in [0.15, 0.2) is 30.3 Å². The lowest BCUT2D eigenvalue weighted by Crippen LogP contribution is -2.36. The molecule has 0 fully saturated rings. The van der Waals surface area contributed by atoms with Gasteiger partial charge >= 0.3 is 0 Å². The summed E-state index contributed by atoms with van der Waals surface area (Å²) in [5.41, 5.74) is 1.12. The second-order valence-electron chi connectivity index (χ2n) is 3.05. The average Bonchev–Trinajstić information content (AvgIpc) is 2.18. The molecule has 0 saturated carbocycles. The summed E-state index contributed by atoms with van der Waals surface area (Å²) >= 11 is 0. The highest BCUT2D eigenvalue weighted by molar-refractivity contribution is 5.25. The van der Waals surface area contributed by atoms with Crippen molar-refractivity contribution in [1.29, 1.82) is 0 Å². The van der Waals surface area contributed by atoms with Crippen molar-refractivity contribution in [3.63, 3.8) is 0 Å². The fourth-order valence-electron chi connectivity index (χ4n) is 1.28. The Kier molecular flexibility index (Phi) is 2.88. The van der Waals surface area contributed by atoms with E-state index in [1.165, 1.54) is 5.56 Å². The van der Waals surface area contributed by atoms with Crippen LogP contribution in [-0.4, -0.2) is 7.05 Å². The van der Waals surface area contributed by atoms with Crippen molar-refractivity contribution >= 4 is 0 Å². The second kappa shape index (κ2) is 3.72. The third-order valence-electron chi connectivity index (χ3n) is 2.41. The minimum Gasteiger partial charge on any atom is -0.310 e. The lowest BCUT2D eigenvalue weighted by molar-refractivity contribution is 0.436. The van der Waals surface area contributed by atoms with Gasteiger partial charge < -0.3 is 5.32 Å². The third kappa shape index (κ3) is 1.67. The van der Waals surface area contributed by atoms with Gasteiger partial charge in [-0.25, -0.2) is 0 Å². The average molecular weight is 162 g/mol. The topological polar surface area (TPSA) is 12.0 Å². The van der Waals surface area contributed by atoms with E-state index in [0.717, 1.165) is 6.42 Å². The molecule has 0 aliphatic rings. The molecule has 12 heavy (non-hydrogen) atoms. The molecule has 1 radical (unpaired) electrons. The molecule has 0 unspecified atom stereocenters. The Morgan fingerprint density at radius 1 is 1.33 bits per heavy atom. The van der Waals surface area contributed by atoms with Gasteiger partial charge in [-0.2, -0.15) is 0 Å². The van der Waals surface area contributed by atoms with Crippen LogP contribution in [0.2, 0.25) is 0 Å². The molecule has 0 saturated heterocycles. The van der Waals surface area contributed by atoms with Gasteiger partial charge in [0, 0.05) is 5.54 Å². The molecule has 1 rings (SSSR count). The van der Waals surface area contributed by atoms with E-state index in [2.05, 4.69) is 31.3 Å². The molecular weight excluding hydrogens is 146 g/mol. The molecule has 0 aliphatic carbocycles. The molecule has 0 amide bonds. The number of hydrogen-bond donors (Lipinski definition) is 1. The monoisotopic (exact) mass is 162 g/mol. The van der Waals surface area contributed by atoms with Crippen LogP contribution in [0, 0.1) is 6.92 Å². The van der Waals surface area contributed by atoms with Gasteiger partial charge in [-0.3, -0.25) is 0 Å². The van der Waals surface area contributed by atoms with E-state index in [-0.39, 0.29) is 5.54 Å². The molecule has 1 nitrogen and oxygen atoms in total. The van der Waals surface area contributed by atoms with Crippen LogP contribution in [0.25, 0.3) is 0 Å². The number of benzene rings is 1. The van der Waals surface area contributed by atoms with E-state index in [1.807, 2.05) is 25.2 Å². The lowest BCUT2D eigenvalue weighted by atomic mass is 9.90. The first-order valence-corrected chi connectivity index (χ1v) is 4.32. The zero-order valence-electron chi connectivity index (χ0n) is 7.80. The van der Waals surface area contributed by atoms with Crippen molar-refractivity contribution in [1.82, 2.24) is 5.32 Å². The summed E-state index contributed by atoms with van der Waals surface area (Å²) in [6.07, 6.45) is 0.994. The minimum atomic E-state index is -0.124. The van der Waals surface area contributed by atoms with Crippen LogP contribution in [-0.2, 0) is 5.54 Å². The van der Waals surface area contributed by atoms with Gasteiger partial charge in [0.15, 0.2) is 0 Å². The Morgan fingerprint density at radius 2 is 1.92 bits per heavy atom. The summed E-state index contributed by atoms with van der Waals surface area (Å²) in [7, 11) is 1.95. The van der Waals surface area contributed by atoms with Crippen LogP contribution < -0.4 is 5.32 Å². The van der Waals surface area contributed by atoms with Crippen LogP contribution >= 0.6 is 0 Å². The Balaban J connectivity index is 2.95. The normalized spacial score (nSPS) is 15.6. The van der Waals surface area contributed by atoms with Gasteiger partial charge in [0.05, 0.1) is 0 Å². The molecular formula is C11H16N. The molecule has 0 aromatic heterocycles. The highest BCUT2D eigenvalue weighted by Crippen LogP contribution is 2.22. The fraction of sp³-hybridized carbons (Fsp3) is 0.364. The third-order valence-corrected chi connectivity index (χ3v) is 2.41. The van der Waals surface area contributed by atoms with E-state index in [0.29, 0.717) is 0 Å². The van der Waals surface area contributed by atoms with Gasteiger partial charge in [0.1, 0.15) is 0 Å². The Labute approximate surface area is 74.8 Å². The van der Waals surface area contributed by atoms with Crippen molar-refractivity contribution in [2.75, 3.05) is 7.05 Å². The molecule has 65 valence electrons. The summed E-state index contributed by atoms with van der Waals surface area (Å²) in [6.45, 7) is 6.30. The highest BCUT2D eigenvalue weighted by atomic mass is 14.9. The predicted octanol–water partition coefficient (Wildman–Crippen LogP) is 2.35. The van der Waals surface area contributed by atoms with Crippen LogP contribution in [0.4, 0.5) is 0 Å². The van der Waals surface area contributed by atoms with E-state index >= 15 is 0 Å². The number of nitrogens with one attached hydrogen (secondary N) is 1. The maximum absolute atomic E-state index is 4.17. The van der Waals surface area contributed by atoms with Crippen molar-refractivity contribution < 1.29 is 0 Å². The molecule has 0 bridgehead atoms. The SMILES string of the molecule is [CH2][C@@](CC)(NC)c1ccccc1. The summed E-state index contributed by atoms with van der Waals surface area (Å²) in [5.74, 6) is 0. The first-order valence-electron chi connectivity index (χ1n) is 4.32. The van der Waals surface area contributed by atoms with Gasteiger partial charge in [-0.1, -0.05) is 37.3 Å². The number of rotatable bonds is 3. The smallest absolute Gasteiger partial charge is 0.0430 e. The molecule has 1 heteroatoms. The Bertz CT molecular complexity index is 224. The maximum Gasteiger partial charge on any atom is 0.0430 e. The fourth-order valence-corrected chi connectivity index (χ4v) is 1.28. The van der Waals surface area contributed by atoms with Crippen molar-refractivity contribution in [3.8, 4) is 0 Å². The minimum absolute atomic E-state index is 0.124. The Morgan fingerprint density at radius 3 is 2.33 bits per heavy atom. The lowest BCUT2D eigenvalue weighted by Gasteiger charge is -2.28. The van der Waals surface area contributed by atoms with E-state index < -0.39 is 0 Å². The first-order chi connectivity index (χ1) is 5.73. The first kappa shape index (κ1) is 9.27. The van der Waals surface area contributed by atoms with Crippen LogP contribution in [0.3, 0.4) is 0 Å². The van der Waals surface area contributed by atoms with Gasteiger partial charge in [-0.05, 0) is 26.0 Å². The molecule has 1 N–H and O–H groups in total. The summed E-state index contributed by atoms with van der Waals surface area (Å²) in [6, 6.07) is 10.3. The van der Waals surface area contributed by atoms with Gasteiger partial charge in [0.25, 0.3) is 0 Å². The largest absolute Gasteiger partial charge is 0.310 e. The molecule has 1 atom stereocenters. The van der Waals surface area contributed by atoms with Crippen molar-refractivity contribution in [2.24, 2.45) is 0 Å². The van der Waals surface area contributed by atoms with Crippen molar-refractivity contribution in [2.45, 2.75) is 18.9 Å². The predicted molar refractivity (Wildman–Crippen MR) is 52.8 cm³/mol.